The van der Waals surface area contributed by atoms with Gasteiger partial charge in [0.2, 0.25) is 0 Å². The summed E-state index contributed by atoms with van der Waals surface area (Å²) < 4.78 is 10.8. The summed E-state index contributed by atoms with van der Waals surface area (Å²) in [7, 11) is 0. The highest BCUT2D eigenvalue weighted by Gasteiger charge is 2.20. The maximum Gasteiger partial charge on any atom is 0.339 e. The molecule has 0 spiro atoms. The van der Waals surface area contributed by atoms with E-state index in [-0.39, 0.29) is 5.91 Å². The lowest BCUT2D eigenvalue weighted by molar-refractivity contribution is -0.123. The fraction of sp³-hybridized carbons (Fsp3) is 0.250. The molecule has 6 nitrogen and oxygen atoms in total. The Hall–Kier alpha value is -3.38. The van der Waals surface area contributed by atoms with Gasteiger partial charge in [-0.05, 0) is 48.0 Å². The third-order valence-electron chi connectivity index (χ3n) is 5.17. The first kappa shape index (κ1) is 19.9. The number of esters is 1. The van der Waals surface area contributed by atoms with Gasteiger partial charge in [0.25, 0.3) is 5.91 Å². The van der Waals surface area contributed by atoms with Gasteiger partial charge in [0.05, 0.1) is 18.8 Å². The van der Waals surface area contributed by atoms with Crippen LogP contribution < -0.4 is 10.2 Å². The summed E-state index contributed by atoms with van der Waals surface area (Å²) in [5.41, 5.74) is 2.19. The van der Waals surface area contributed by atoms with Gasteiger partial charge in [0.1, 0.15) is 0 Å². The SMILES string of the molecule is C[C@H](OC(=O)c1cccc2ccccc12)C(=O)Nc1ccc(N2CCOCC2)cc1. The number of ether oxygens (including phenoxy) is 2. The third kappa shape index (κ3) is 4.44. The molecule has 1 atom stereocenters. The number of anilines is 2. The van der Waals surface area contributed by atoms with E-state index >= 15 is 0 Å². The van der Waals surface area contributed by atoms with Crippen LogP contribution in [0.3, 0.4) is 0 Å². The molecular weight excluding hydrogens is 380 g/mol. The first-order valence-electron chi connectivity index (χ1n) is 10.0. The largest absolute Gasteiger partial charge is 0.449 e. The summed E-state index contributed by atoms with van der Waals surface area (Å²) in [4.78, 5) is 27.4. The smallest absolute Gasteiger partial charge is 0.339 e. The Morgan fingerprint density at radius 2 is 1.67 bits per heavy atom. The Bertz CT molecular complexity index is 1040. The van der Waals surface area contributed by atoms with Gasteiger partial charge >= 0.3 is 5.97 Å². The van der Waals surface area contributed by atoms with Gasteiger partial charge in [0, 0.05) is 24.5 Å². The number of hydrogen-bond acceptors (Lipinski definition) is 5. The monoisotopic (exact) mass is 404 g/mol. The van der Waals surface area contributed by atoms with Crippen molar-refractivity contribution in [2.24, 2.45) is 0 Å². The molecule has 0 aliphatic carbocycles. The molecule has 3 aromatic carbocycles. The number of benzene rings is 3. The van der Waals surface area contributed by atoms with Gasteiger partial charge in [-0.15, -0.1) is 0 Å². The molecule has 3 aromatic rings. The number of nitrogens with zero attached hydrogens (tertiary/aromatic N) is 1. The van der Waals surface area contributed by atoms with Crippen LogP contribution >= 0.6 is 0 Å². The van der Waals surface area contributed by atoms with E-state index in [1.54, 1.807) is 19.1 Å². The second kappa shape index (κ2) is 8.97. The van der Waals surface area contributed by atoms with Crippen LogP contribution in [-0.4, -0.2) is 44.3 Å². The summed E-state index contributed by atoms with van der Waals surface area (Å²) in [6, 6.07) is 20.7. The van der Waals surface area contributed by atoms with E-state index in [0.29, 0.717) is 11.3 Å². The molecule has 6 heteroatoms. The van der Waals surface area contributed by atoms with E-state index in [4.69, 9.17) is 9.47 Å². The number of amides is 1. The first-order chi connectivity index (χ1) is 14.6. The predicted molar refractivity (Wildman–Crippen MR) is 117 cm³/mol. The van der Waals surface area contributed by atoms with Crippen molar-refractivity contribution in [2.45, 2.75) is 13.0 Å². The lowest BCUT2D eigenvalue weighted by Gasteiger charge is -2.28. The lowest BCUT2D eigenvalue weighted by Crippen LogP contribution is -2.36. The molecule has 4 rings (SSSR count). The van der Waals surface area contributed by atoms with Gasteiger partial charge in [0.15, 0.2) is 6.10 Å². The molecule has 0 aromatic heterocycles. The van der Waals surface area contributed by atoms with Crippen LogP contribution in [0.1, 0.15) is 17.3 Å². The maximum atomic E-state index is 12.6. The number of hydrogen-bond donors (Lipinski definition) is 1. The number of nitrogens with one attached hydrogen (secondary N) is 1. The summed E-state index contributed by atoms with van der Waals surface area (Å²) in [6.07, 6.45) is -0.921. The van der Waals surface area contributed by atoms with Crippen LogP contribution in [0.5, 0.6) is 0 Å². The van der Waals surface area contributed by atoms with Gasteiger partial charge < -0.3 is 19.7 Å². The molecule has 0 radical (unpaired) electrons. The highest BCUT2D eigenvalue weighted by atomic mass is 16.5. The van der Waals surface area contributed by atoms with Crippen molar-refractivity contribution < 1.29 is 19.1 Å². The Balaban J connectivity index is 1.38. The van der Waals surface area contributed by atoms with Crippen molar-refractivity contribution in [3.63, 3.8) is 0 Å². The Morgan fingerprint density at radius 3 is 2.43 bits per heavy atom. The standard InChI is InChI=1S/C24H24N2O4/c1-17(30-24(28)22-8-4-6-18-5-2-3-7-21(18)22)23(27)25-19-9-11-20(12-10-19)26-13-15-29-16-14-26/h2-12,17H,13-16H2,1H3,(H,25,27)/t17-/m0/s1. The summed E-state index contributed by atoms with van der Waals surface area (Å²) in [6.45, 7) is 4.72. The highest BCUT2D eigenvalue weighted by Crippen LogP contribution is 2.21. The zero-order valence-electron chi connectivity index (χ0n) is 16.8. The van der Waals surface area contributed by atoms with Crippen molar-refractivity contribution in [1.29, 1.82) is 0 Å². The average molecular weight is 404 g/mol. The predicted octanol–water partition coefficient (Wildman–Crippen LogP) is 3.86. The number of carbonyl (C=O) groups excluding carboxylic acids is 2. The normalized spacial score (nSPS) is 14.9. The molecular formula is C24H24N2O4. The van der Waals surface area contributed by atoms with Crippen molar-refractivity contribution in [1.82, 2.24) is 0 Å². The Labute approximate surface area is 175 Å². The molecule has 1 aliphatic heterocycles. The molecule has 0 saturated carbocycles. The van der Waals surface area contributed by atoms with E-state index in [1.165, 1.54) is 0 Å². The molecule has 1 aliphatic rings. The van der Waals surface area contributed by atoms with Gasteiger partial charge in [-0.25, -0.2) is 4.79 Å². The second-order valence-electron chi connectivity index (χ2n) is 7.21. The van der Waals surface area contributed by atoms with E-state index in [2.05, 4.69) is 10.2 Å². The maximum absolute atomic E-state index is 12.6. The van der Waals surface area contributed by atoms with E-state index in [1.807, 2.05) is 54.6 Å². The van der Waals surface area contributed by atoms with Gasteiger partial charge in [-0.3, -0.25) is 4.79 Å². The average Bonchev–Trinajstić information content (AvgIpc) is 2.79. The van der Waals surface area contributed by atoms with Gasteiger partial charge in [-0.2, -0.15) is 0 Å². The number of carbonyl (C=O) groups is 2. The van der Waals surface area contributed by atoms with Crippen molar-refractivity contribution in [3.05, 3.63) is 72.3 Å². The molecule has 0 unspecified atom stereocenters. The second-order valence-corrected chi connectivity index (χ2v) is 7.21. The van der Waals surface area contributed by atoms with E-state index < -0.39 is 12.1 Å². The summed E-state index contributed by atoms with van der Waals surface area (Å²) in [5.74, 6) is -0.889. The van der Waals surface area contributed by atoms with Crippen molar-refractivity contribution in [3.8, 4) is 0 Å². The molecule has 1 fully saturated rings. The Morgan fingerprint density at radius 1 is 0.967 bits per heavy atom. The molecule has 30 heavy (non-hydrogen) atoms. The van der Waals surface area contributed by atoms with Crippen LogP contribution in [0.15, 0.2) is 66.7 Å². The fourth-order valence-electron chi connectivity index (χ4n) is 3.50. The van der Waals surface area contributed by atoms with Crippen LogP contribution in [0, 0.1) is 0 Å². The van der Waals surface area contributed by atoms with Crippen molar-refractivity contribution in [2.75, 3.05) is 36.5 Å². The Kier molecular flexibility index (Phi) is 5.95. The van der Waals surface area contributed by atoms with Crippen LogP contribution in [-0.2, 0) is 14.3 Å². The number of morpholine rings is 1. The highest BCUT2D eigenvalue weighted by molar-refractivity contribution is 6.05. The summed E-state index contributed by atoms with van der Waals surface area (Å²) in [5, 5.41) is 4.56. The van der Waals surface area contributed by atoms with Crippen LogP contribution in [0.4, 0.5) is 11.4 Å². The third-order valence-corrected chi connectivity index (χ3v) is 5.17. The van der Waals surface area contributed by atoms with Gasteiger partial charge in [-0.1, -0.05) is 36.4 Å². The number of fused-ring (bicyclic) bond motifs is 1. The van der Waals surface area contributed by atoms with E-state index in [0.717, 1.165) is 42.8 Å². The summed E-state index contributed by atoms with van der Waals surface area (Å²) >= 11 is 0. The molecule has 154 valence electrons. The minimum Gasteiger partial charge on any atom is -0.449 e. The van der Waals surface area contributed by atoms with Crippen molar-refractivity contribution >= 4 is 34.0 Å². The quantitative estimate of drug-likeness (QED) is 0.654. The fourth-order valence-corrected chi connectivity index (χ4v) is 3.50. The molecule has 1 heterocycles. The van der Waals surface area contributed by atoms with Crippen LogP contribution in [0.25, 0.3) is 10.8 Å². The molecule has 1 saturated heterocycles. The van der Waals surface area contributed by atoms with Crippen LogP contribution in [0.2, 0.25) is 0 Å². The molecule has 0 bridgehead atoms. The molecule has 1 amide bonds. The zero-order chi connectivity index (χ0) is 20.9. The lowest BCUT2D eigenvalue weighted by atomic mass is 10.0. The minimum atomic E-state index is -0.921. The topological polar surface area (TPSA) is 67.9 Å². The number of rotatable bonds is 5. The molecule has 1 N–H and O–H groups in total. The van der Waals surface area contributed by atoms with E-state index in [9.17, 15) is 9.59 Å². The zero-order valence-corrected chi connectivity index (χ0v) is 16.8. The minimum absolute atomic E-state index is 0.372. The first-order valence-corrected chi connectivity index (χ1v) is 10.0.